The molecular weight excluding hydrogens is 470 g/mol. The smallest absolute Gasteiger partial charge is 0.435 e. The van der Waals surface area contributed by atoms with Crippen LogP contribution in [-0.2, 0) is 17.5 Å². The highest BCUT2D eigenvalue weighted by molar-refractivity contribution is 5.45. The van der Waals surface area contributed by atoms with Crippen LogP contribution in [0.3, 0.4) is 0 Å². The molecule has 2 heterocycles. The minimum absolute atomic E-state index is 0.00709. The highest BCUT2D eigenvalue weighted by Gasteiger charge is 2.37. The molecule has 184 valence electrons. The number of H-pyrrole nitrogens is 1. The van der Waals surface area contributed by atoms with E-state index in [0.717, 1.165) is 28.4 Å². The van der Waals surface area contributed by atoms with E-state index in [9.17, 15) is 22.7 Å². The molecule has 12 heteroatoms. The third-order valence-electron chi connectivity index (χ3n) is 5.34. The van der Waals surface area contributed by atoms with Gasteiger partial charge in [0.05, 0.1) is 31.2 Å². The minimum Gasteiger partial charge on any atom is -0.497 e. The number of ether oxygens (including phenoxy) is 2. The molecule has 0 amide bonds. The number of aromatic nitrogens is 5. The Kier molecular flexibility index (Phi) is 6.85. The first-order chi connectivity index (χ1) is 16.7. The third kappa shape index (κ3) is 5.33. The van der Waals surface area contributed by atoms with E-state index in [1.165, 1.54) is 12.3 Å². The van der Waals surface area contributed by atoms with Crippen LogP contribution in [0, 0.1) is 5.82 Å². The number of aliphatic hydroxyl groups is 1. The summed E-state index contributed by atoms with van der Waals surface area (Å²) >= 11 is 0. The second-order valence-electron chi connectivity index (χ2n) is 7.67. The van der Waals surface area contributed by atoms with Crippen molar-refractivity contribution in [2.24, 2.45) is 0 Å². The molecule has 2 atom stereocenters. The van der Waals surface area contributed by atoms with Gasteiger partial charge in [0, 0.05) is 11.8 Å². The average molecular weight is 491 g/mol. The predicted molar refractivity (Wildman–Crippen MR) is 115 cm³/mol. The number of hydrogen-bond donors (Lipinski definition) is 2. The van der Waals surface area contributed by atoms with Gasteiger partial charge in [0.1, 0.15) is 23.4 Å². The lowest BCUT2D eigenvalue weighted by Gasteiger charge is -2.20. The summed E-state index contributed by atoms with van der Waals surface area (Å²) in [4.78, 5) is 0. The summed E-state index contributed by atoms with van der Waals surface area (Å²) in [5.41, 5.74) is -0.285. The topological polar surface area (TPSA) is 98.1 Å². The lowest BCUT2D eigenvalue weighted by molar-refractivity contribution is -0.141. The van der Waals surface area contributed by atoms with Gasteiger partial charge in [-0.3, -0.25) is 5.10 Å². The number of halogens is 4. The second kappa shape index (κ2) is 9.84. The van der Waals surface area contributed by atoms with E-state index in [-0.39, 0.29) is 29.2 Å². The van der Waals surface area contributed by atoms with Gasteiger partial charge >= 0.3 is 6.18 Å². The first-order valence-corrected chi connectivity index (χ1v) is 10.4. The highest BCUT2D eigenvalue weighted by atomic mass is 19.4. The number of nitrogens with zero attached hydrogens (tertiary/aromatic N) is 4. The van der Waals surface area contributed by atoms with E-state index in [2.05, 4.69) is 20.5 Å². The Labute approximate surface area is 197 Å². The molecule has 2 aromatic carbocycles. The van der Waals surface area contributed by atoms with Crippen molar-refractivity contribution in [3.63, 3.8) is 0 Å². The van der Waals surface area contributed by atoms with Crippen molar-refractivity contribution in [1.82, 2.24) is 25.2 Å². The van der Waals surface area contributed by atoms with Crippen LogP contribution in [0.1, 0.15) is 47.3 Å². The molecule has 2 aromatic heterocycles. The lowest BCUT2D eigenvalue weighted by Crippen LogP contribution is -2.13. The van der Waals surface area contributed by atoms with Gasteiger partial charge in [-0.05, 0) is 48.9 Å². The van der Waals surface area contributed by atoms with Gasteiger partial charge in [-0.2, -0.15) is 18.3 Å². The number of nitrogens with one attached hydrogen (secondary N) is 1. The molecule has 0 bridgehead atoms. The monoisotopic (exact) mass is 491 g/mol. The molecule has 35 heavy (non-hydrogen) atoms. The van der Waals surface area contributed by atoms with Crippen LogP contribution in [-0.4, -0.2) is 37.4 Å². The standard InChI is InChI=1S/C23H21F4N5O3/c1-13(35-12-14-3-6-16(34-2)7-4-14)17-9-15(24)5-8-19(17)32-20(10-21(30-32)23(25,26)27)22(33)18-11-28-31-29-18/h3-11,13,22,33H,12H2,1-2H3,(H,28,29,31)/t13-,22?/m1/s1. The normalized spacial score (nSPS) is 13.6. The summed E-state index contributed by atoms with van der Waals surface area (Å²) in [5, 5.41) is 23.9. The molecule has 0 radical (unpaired) electrons. The summed E-state index contributed by atoms with van der Waals surface area (Å²) in [5.74, 6) is 0.0667. The number of aliphatic hydroxyl groups excluding tert-OH is 1. The Bertz CT molecular complexity index is 1270. The Morgan fingerprint density at radius 3 is 2.49 bits per heavy atom. The fourth-order valence-corrected chi connectivity index (χ4v) is 3.49. The Morgan fingerprint density at radius 1 is 1.11 bits per heavy atom. The van der Waals surface area contributed by atoms with Gasteiger partial charge in [0.2, 0.25) is 0 Å². The van der Waals surface area contributed by atoms with Crippen molar-refractivity contribution in [3.8, 4) is 11.4 Å². The molecule has 0 fully saturated rings. The molecule has 0 saturated carbocycles. The van der Waals surface area contributed by atoms with E-state index >= 15 is 0 Å². The van der Waals surface area contributed by atoms with E-state index in [1.807, 2.05) is 0 Å². The van der Waals surface area contributed by atoms with Gasteiger partial charge in [-0.15, -0.1) is 5.10 Å². The van der Waals surface area contributed by atoms with Crippen LogP contribution >= 0.6 is 0 Å². The van der Waals surface area contributed by atoms with Crippen LogP contribution in [0.5, 0.6) is 5.75 Å². The van der Waals surface area contributed by atoms with Crippen molar-refractivity contribution in [2.75, 3.05) is 7.11 Å². The van der Waals surface area contributed by atoms with Gasteiger partial charge in [0.25, 0.3) is 0 Å². The van der Waals surface area contributed by atoms with Crippen molar-refractivity contribution in [3.05, 3.63) is 88.8 Å². The quantitative estimate of drug-likeness (QED) is 0.352. The van der Waals surface area contributed by atoms with Crippen LogP contribution in [0.4, 0.5) is 17.6 Å². The number of rotatable bonds is 8. The molecule has 0 aliphatic carbocycles. The Hall–Kier alpha value is -3.77. The van der Waals surface area contributed by atoms with Crippen molar-refractivity contribution in [1.29, 1.82) is 0 Å². The number of methoxy groups -OCH3 is 1. The summed E-state index contributed by atoms with van der Waals surface area (Å²) in [7, 11) is 1.55. The number of benzene rings is 2. The first kappa shape index (κ1) is 24.4. The predicted octanol–water partition coefficient (Wildman–Crippen LogP) is 4.52. The zero-order chi connectivity index (χ0) is 25.2. The fraction of sp³-hybridized carbons (Fsp3) is 0.261. The maximum atomic E-state index is 14.2. The number of hydrogen-bond acceptors (Lipinski definition) is 6. The van der Waals surface area contributed by atoms with E-state index in [0.29, 0.717) is 5.75 Å². The molecule has 0 spiro atoms. The summed E-state index contributed by atoms with van der Waals surface area (Å²) in [6.45, 7) is 1.80. The molecular formula is C23H21F4N5O3. The summed E-state index contributed by atoms with van der Waals surface area (Å²) in [6.07, 6.45) is -5.84. The molecule has 4 rings (SSSR count). The van der Waals surface area contributed by atoms with Crippen molar-refractivity contribution < 1.29 is 32.1 Å². The third-order valence-corrected chi connectivity index (χ3v) is 5.34. The van der Waals surface area contributed by atoms with Crippen molar-refractivity contribution in [2.45, 2.75) is 31.9 Å². The molecule has 8 nitrogen and oxygen atoms in total. The van der Waals surface area contributed by atoms with Crippen LogP contribution < -0.4 is 4.74 Å². The SMILES string of the molecule is COc1ccc(CO[C@H](C)c2cc(F)ccc2-n2nc(C(F)(F)F)cc2C(O)c2c[nH]nn2)cc1. The Balaban J connectivity index is 1.71. The molecule has 4 aromatic rings. The number of alkyl halides is 3. The maximum absolute atomic E-state index is 14.2. The lowest BCUT2D eigenvalue weighted by atomic mass is 10.1. The average Bonchev–Trinajstić information content (AvgIpc) is 3.53. The largest absolute Gasteiger partial charge is 0.497 e. The van der Waals surface area contributed by atoms with Gasteiger partial charge in [-0.1, -0.05) is 17.3 Å². The minimum atomic E-state index is -4.78. The van der Waals surface area contributed by atoms with Crippen LogP contribution in [0.25, 0.3) is 5.69 Å². The molecule has 0 aliphatic rings. The Morgan fingerprint density at radius 2 is 1.86 bits per heavy atom. The molecule has 1 unspecified atom stereocenters. The van der Waals surface area contributed by atoms with Crippen LogP contribution in [0.15, 0.2) is 54.7 Å². The first-order valence-electron chi connectivity index (χ1n) is 10.4. The second-order valence-corrected chi connectivity index (χ2v) is 7.67. The van der Waals surface area contributed by atoms with E-state index < -0.39 is 29.9 Å². The van der Waals surface area contributed by atoms with E-state index in [4.69, 9.17) is 9.47 Å². The fourth-order valence-electron chi connectivity index (χ4n) is 3.49. The maximum Gasteiger partial charge on any atom is 0.435 e. The van der Waals surface area contributed by atoms with Crippen molar-refractivity contribution >= 4 is 0 Å². The van der Waals surface area contributed by atoms with Gasteiger partial charge in [-0.25, -0.2) is 9.07 Å². The zero-order valence-corrected chi connectivity index (χ0v) is 18.6. The van der Waals surface area contributed by atoms with Crippen LogP contribution in [0.2, 0.25) is 0 Å². The van der Waals surface area contributed by atoms with E-state index in [1.54, 1.807) is 38.3 Å². The van der Waals surface area contributed by atoms with Gasteiger partial charge in [0.15, 0.2) is 5.69 Å². The zero-order valence-electron chi connectivity index (χ0n) is 18.6. The highest BCUT2D eigenvalue weighted by Crippen LogP contribution is 2.35. The van der Waals surface area contributed by atoms with Gasteiger partial charge < -0.3 is 14.6 Å². The molecule has 0 saturated heterocycles. The number of aromatic amines is 1. The summed E-state index contributed by atoms with van der Waals surface area (Å²) in [6, 6.07) is 11.4. The summed E-state index contributed by atoms with van der Waals surface area (Å²) < 4.78 is 66.6. The molecule has 0 aliphatic heterocycles. The molecule has 2 N–H and O–H groups in total.